The quantitative estimate of drug-likeness (QED) is 0.723. The predicted octanol–water partition coefficient (Wildman–Crippen LogP) is 2.02. The van der Waals surface area contributed by atoms with Crippen LogP contribution in [0.3, 0.4) is 0 Å². The molecular formula is C4H2Br2O3. The summed E-state index contributed by atoms with van der Waals surface area (Å²) in [5.74, 6) is -0.256. The number of rotatable bonds is 1. The standard InChI is InChI=1S/C4H2Br2O3/c5-3(6)2-1-8-4(7)9-2/h1,3H. The van der Waals surface area contributed by atoms with E-state index in [1.807, 2.05) is 0 Å². The minimum Gasteiger partial charge on any atom is -0.399 e. The van der Waals surface area contributed by atoms with Gasteiger partial charge in [0.05, 0.1) is 0 Å². The fraction of sp³-hybridized carbons (Fsp3) is 0.250. The third kappa shape index (κ3) is 1.69. The van der Waals surface area contributed by atoms with Crippen LogP contribution in [0.1, 0.15) is 9.50 Å². The average molecular weight is 258 g/mol. The molecule has 0 aromatic carbocycles. The molecule has 0 radical (unpaired) electrons. The summed E-state index contributed by atoms with van der Waals surface area (Å²) in [5.41, 5.74) is 0. The highest BCUT2D eigenvalue weighted by Crippen LogP contribution is 2.27. The van der Waals surface area contributed by atoms with E-state index in [9.17, 15) is 4.79 Å². The first-order valence-electron chi connectivity index (χ1n) is 2.07. The third-order valence-electron chi connectivity index (χ3n) is 0.688. The molecule has 0 aliphatic carbocycles. The lowest BCUT2D eigenvalue weighted by Gasteiger charge is -1.87. The van der Waals surface area contributed by atoms with Crippen LogP contribution in [0.15, 0.2) is 19.9 Å². The minimum atomic E-state index is -0.686. The molecule has 9 heavy (non-hydrogen) atoms. The second-order valence-electron chi connectivity index (χ2n) is 1.29. The lowest BCUT2D eigenvalue weighted by atomic mass is 10.6. The van der Waals surface area contributed by atoms with Gasteiger partial charge in [0.25, 0.3) is 0 Å². The van der Waals surface area contributed by atoms with Crippen molar-refractivity contribution in [2.24, 2.45) is 0 Å². The van der Waals surface area contributed by atoms with Crippen LogP contribution in [0.5, 0.6) is 0 Å². The molecule has 1 heterocycles. The number of alkyl halides is 2. The highest BCUT2D eigenvalue weighted by molar-refractivity contribution is 9.24. The maximum Gasteiger partial charge on any atom is 0.518 e. The van der Waals surface area contributed by atoms with Gasteiger partial charge < -0.3 is 8.83 Å². The molecule has 0 unspecified atom stereocenters. The Morgan fingerprint density at radius 2 is 2.22 bits per heavy atom. The number of hydrogen-bond acceptors (Lipinski definition) is 3. The zero-order valence-electron chi connectivity index (χ0n) is 4.14. The van der Waals surface area contributed by atoms with E-state index >= 15 is 0 Å². The molecule has 0 amide bonds. The van der Waals surface area contributed by atoms with Gasteiger partial charge in [-0.05, 0) is 0 Å². The minimum absolute atomic E-state index is 0.156. The highest BCUT2D eigenvalue weighted by atomic mass is 79.9. The summed E-state index contributed by atoms with van der Waals surface area (Å²) >= 11 is 6.24. The van der Waals surface area contributed by atoms with Crippen molar-refractivity contribution in [3.63, 3.8) is 0 Å². The van der Waals surface area contributed by atoms with Crippen LogP contribution in [-0.2, 0) is 0 Å². The van der Waals surface area contributed by atoms with Crippen LogP contribution >= 0.6 is 31.9 Å². The second kappa shape index (κ2) is 2.70. The van der Waals surface area contributed by atoms with Gasteiger partial charge in [0, 0.05) is 0 Å². The van der Waals surface area contributed by atoms with E-state index in [2.05, 4.69) is 40.7 Å². The molecule has 3 nitrogen and oxygen atoms in total. The zero-order chi connectivity index (χ0) is 6.85. The van der Waals surface area contributed by atoms with Crippen molar-refractivity contribution in [2.45, 2.75) is 3.74 Å². The molecule has 0 aliphatic heterocycles. The molecule has 50 valence electrons. The molecule has 1 aromatic heterocycles. The lowest BCUT2D eigenvalue weighted by molar-refractivity contribution is 0.378. The number of halogens is 2. The normalized spacial score (nSPS) is 10.6. The van der Waals surface area contributed by atoms with E-state index in [-0.39, 0.29) is 3.74 Å². The van der Waals surface area contributed by atoms with Gasteiger partial charge in [-0.3, -0.25) is 0 Å². The van der Waals surface area contributed by atoms with E-state index < -0.39 is 5.82 Å². The third-order valence-corrected chi connectivity index (χ3v) is 1.59. The van der Waals surface area contributed by atoms with Crippen LogP contribution in [0.25, 0.3) is 0 Å². The molecule has 1 aromatic rings. The maximum absolute atomic E-state index is 10.2. The van der Waals surface area contributed by atoms with E-state index in [1.165, 1.54) is 6.26 Å². The topological polar surface area (TPSA) is 43.4 Å². The molecule has 0 fully saturated rings. The molecular weight excluding hydrogens is 256 g/mol. The first-order valence-corrected chi connectivity index (χ1v) is 3.90. The lowest BCUT2D eigenvalue weighted by Crippen LogP contribution is -1.86. The van der Waals surface area contributed by atoms with E-state index in [0.29, 0.717) is 5.76 Å². The molecule has 1 rings (SSSR count). The van der Waals surface area contributed by atoms with Gasteiger partial charge in [-0.1, -0.05) is 31.9 Å². The fourth-order valence-electron chi connectivity index (χ4n) is 0.347. The van der Waals surface area contributed by atoms with Crippen LogP contribution < -0.4 is 5.82 Å². The smallest absolute Gasteiger partial charge is 0.399 e. The maximum atomic E-state index is 10.2. The molecule has 0 saturated heterocycles. The number of hydrogen-bond donors (Lipinski definition) is 0. The van der Waals surface area contributed by atoms with E-state index in [1.54, 1.807) is 0 Å². The highest BCUT2D eigenvalue weighted by Gasteiger charge is 2.07. The van der Waals surface area contributed by atoms with Crippen LogP contribution in [0, 0.1) is 0 Å². The van der Waals surface area contributed by atoms with Gasteiger partial charge >= 0.3 is 5.82 Å². The average Bonchev–Trinajstić information content (AvgIpc) is 2.14. The van der Waals surface area contributed by atoms with Gasteiger partial charge in [0.2, 0.25) is 0 Å². The van der Waals surface area contributed by atoms with Crippen molar-refractivity contribution in [1.29, 1.82) is 0 Å². The molecule has 0 N–H and O–H groups in total. The molecule has 0 aliphatic rings. The second-order valence-corrected chi connectivity index (χ2v) is 4.35. The molecule has 0 atom stereocenters. The summed E-state index contributed by atoms with van der Waals surface area (Å²) < 4.78 is 8.72. The van der Waals surface area contributed by atoms with Gasteiger partial charge in [-0.25, -0.2) is 4.79 Å². The summed E-state index contributed by atoms with van der Waals surface area (Å²) in [6, 6.07) is 0. The summed E-state index contributed by atoms with van der Waals surface area (Å²) in [4.78, 5) is 10.2. The fourth-order valence-corrected chi connectivity index (χ4v) is 0.749. The van der Waals surface area contributed by atoms with Crippen molar-refractivity contribution in [1.82, 2.24) is 0 Å². The monoisotopic (exact) mass is 256 g/mol. The zero-order valence-corrected chi connectivity index (χ0v) is 7.31. The van der Waals surface area contributed by atoms with Crippen LogP contribution in [0.2, 0.25) is 0 Å². The van der Waals surface area contributed by atoms with Crippen LogP contribution in [0.4, 0.5) is 0 Å². The Hall–Kier alpha value is -0.0300. The Bertz CT molecular complexity index is 236. The van der Waals surface area contributed by atoms with Crippen LogP contribution in [-0.4, -0.2) is 0 Å². The molecule has 0 bridgehead atoms. The van der Waals surface area contributed by atoms with Crippen molar-refractivity contribution in [2.75, 3.05) is 0 Å². The molecule has 5 heteroatoms. The molecule has 0 saturated carbocycles. The largest absolute Gasteiger partial charge is 0.518 e. The van der Waals surface area contributed by atoms with E-state index in [0.717, 1.165) is 0 Å². The van der Waals surface area contributed by atoms with Gasteiger partial charge in [0.1, 0.15) is 10.00 Å². The van der Waals surface area contributed by atoms with Gasteiger partial charge in [0.15, 0.2) is 5.76 Å². The first-order chi connectivity index (χ1) is 4.20. The van der Waals surface area contributed by atoms with Crippen molar-refractivity contribution in [3.05, 3.63) is 22.6 Å². The Balaban J connectivity index is 2.98. The predicted molar refractivity (Wildman–Crippen MR) is 37.8 cm³/mol. The van der Waals surface area contributed by atoms with Crippen molar-refractivity contribution < 1.29 is 8.83 Å². The van der Waals surface area contributed by atoms with E-state index in [4.69, 9.17) is 0 Å². The van der Waals surface area contributed by atoms with Gasteiger partial charge in [-0.15, -0.1) is 0 Å². The van der Waals surface area contributed by atoms with Crippen molar-refractivity contribution in [3.8, 4) is 0 Å². The summed E-state index contributed by atoms with van der Waals surface area (Å²) in [6.45, 7) is 0. The summed E-state index contributed by atoms with van der Waals surface area (Å²) in [7, 11) is 0. The van der Waals surface area contributed by atoms with Gasteiger partial charge in [-0.2, -0.15) is 0 Å². The summed E-state index contributed by atoms with van der Waals surface area (Å²) in [6.07, 6.45) is 1.25. The summed E-state index contributed by atoms with van der Waals surface area (Å²) in [5, 5.41) is 0. The Kier molecular flexibility index (Phi) is 2.13. The first kappa shape index (κ1) is 7.08. The SMILES string of the molecule is O=c1occ(C(Br)Br)o1. The van der Waals surface area contributed by atoms with Crippen molar-refractivity contribution >= 4 is 31.9 Å². The Morgan fingerprint density at radius 1 is 1.56 bits per heavy atom. The Labute approximate surface area is 67.3 Å². The molecule has 0 spiro atoms. The Morgan fingerprint density at radius 3 is 2.44 bits per heavy atom.